The zero-order valence-corrected chi connectivity index (χ0v) is 14.9. The summed E-state index contributed by atoms with van der Waals surface area (Å²) < 4.78 is 3.22. The zero-order chi connectivity index (χ0) is 18.6. The Morgan fingerprint density at radius 1 is 1.15 bits per heavy atom. The molecule has 1 atom stereocenters. The van der Waals surface area contributed by atoms with E-state index in [-0.39, 0.29) is 29.5 Å². The van der Waals surface area contributed by atoms with Crippen LogP contribution in [-0.4, -0.2) is 20.3 Å². The largest absolute Gasteiger partial charge is 0.311 e. The number of hydrogen-bond acceptors (Lipinski definition) is 3. The van der Waals surface area contributed by atoms with Gasteiger partial charge in [-0.15, -0.1) is 0 Å². The summed E-state index contributed by atoms with van der Waals surface area (Å²) in [5, 5.41) is 6.47. The Balaban J connectivity index is 2.00. The molecular formula is C19H20N4O3. The number of H-pyrrole nitrogens is 1. The molecule has 1 aliphatic heterocycles. The highest BCUT2D eigenvalue weighted by Gasteiger charge is 2.34. The fraction of sp³-hybridized carbons (Fsp3) is 0.316. The molecular weight excluding hydrogens is 332 g/mol. The maximum Gasteiger partial charge on any atom is 0.270 e. The van der Waals surface area contributed by atoms with Gasteiger partial charge < -0.3 is 9.88 Å². The van der Waals surface area contributed by atoms with E-state index in [0.29, 0.717) is 16.9 Å². The van der Waals surface area contributed by atoms with Crippen LogP contribution in [0.3, 0.4) is 0 Å². The molecule has 0 spiro atoms. The Labute approximate surface area is 149 Å². The minimum absolute atomic E-state index is 0.0232. The molecule has 1 aliphatic rings. The highest BCUT2D eigenvalue weighted by atomic mass is 16.2. The number of anilines is 1. The summed E-state index contributed by atoms with van der Waals surface area (Å²) >= 11 is 0. The first-order valence-electron chi connectivity index (χ1n) is 8.61. The Bertz CT molecular complexity index is 1150. The van der Waals surface area contributed by atoms with Crippen molar-refractivity contribution < 1.29 is 4.79 Å². The molecule has 134 valence electrons. The average Bonchev–Trinajstić information content (AvgIpc) is 2.94. The summed E-state index contributed by atoms with van der Waals surface area (Å²) in [6.07, 6.45) is 0.0752. The number of fused-ring (bicyclic) bond motifs is 2. The van der Waals surface area contributed by atoms with Gasteiger partial charge in [-0.25, -0.2) is 0 Å². The lowest BCUT2D eigenvalue weighted by molar-refractivity contribution is -0.116. The summed E-state index contributed by atoms with van der Waals surface area (Å²) in [4.78, 5) is 37.9. The van der Waals surface area contributed by atoms with E-state index in [1.807, 2.05) is 38.1 Å². The fourth-order valence-corrected chi connectivity index (χ4v) is 3.73. The molecule has 0 unspecified atom stereocenters. The summed E-state index contributed by atoms with van der Waals surface area (Å²) in [5.74, 6) is -0.307. The second-order valence-electron chi connectivity index (χ2n) is 6.99. The molecule has 26 heavy (non-hydrogen) atoms. The van der Waals surface area contributed by atoms with Gasteiger partial charge in [0.2, 0.25) is 5.91 Å². The monoisotopic (exact) mass is 352 g/mol. The van der Waals surface area contributed by atoms with E-state index in [1.54, 1.807) is 22.4 Å². The molecule has 0 saturated carbocycles. The number of para-hydroxylation sites is 1. The van der Waals surface area contributed by atoms with Crippen LogP contribution in [0.2, 0.25) is 0 Å². The van der Waals surface area contributed by atoms with Crippen molar-refractivity contribution in [1.29, 1.82) is 0 Å². The Kier molecular flexibility index (Phi) is 3.61. The van der Waals surface area contributed by atoms with Gasteiger partial charge in [0.25, 0.3) is 11.1 Å². The molecule has 3 heterocycles. The van der Waals surface area contributed by atoms with Crippen molar-refractivity contribution in [3.05, 3.63) is 62.2 Å². The van der Waals surface area contributed by atoms with Crippen LogP contribution in [0.5, 0.6) is 0 Å². The normalized spacial score (nSPS) is 16.8. The van der Waals surface area contributed by atoms with Gasteiger partial charge >= 0.3 is 0 Å². The number of hydrogen-bond donors (Lipinski definition) is 2. The molecule has 3 aromatic rings. The van der Waals surface area contributed by atoms with Gasteiger partial charge in [-0.3, -0.25) is 24.2 Å². The van der Waals surface area contributed by atoms with Gasteiger partial charge in [0.15, 0.2) is 0 Å². The van der Waals surface area contributed by atoms with Crippen LogP contribution in [-0.2, 0) is 11.8 Å². The summed E-state index contributed by atoms with van der Waals surface area (Å²) in [6.45, 7) is 3.84. The Morgan fingerprint density at radius 3 is 2.62 bits per heavy atom. The van der Waals surface area contributed by atoms with Gasteiger partial charge in [-0.2, -0.15) is 0 Å². The third-order valence-corrected chi connectivity index (χ3v) is 5.01. The van der Waals surface area contributed by atoms with Crippen molar-refractivity contribution in [2.75, 3.05) is 5.32 Å². The Hall–Kier alpha value is -3.09. The first kappa shape index (κ1) is 16.4. The third kappa shape index (κ3) is 2.31. The number of aryl methyl sites for hydroxylation is 1. The van der Waals surface area contributed by atoms with Crippen molar-refractivity contribution >= 4 is 22.6 Å². The summed E-state index contributed by atoms with van der Waals surface area (Å²) in [7, 11) is 1.71. The highest BCUT2D eigenvalue weighted by Crippen LogP contribution is 2.35. The smallest absolute Gasteiger partial charge is 0.270 e. The summed E-state index contributed by atoms with van der Waals surface area (Å²) in [6, 6.07) is 9.35. The minimum Gasteiger partial charge on any atom is -0.311 e. The lowest BCUT2D eigenvalue weighted by Gasteiger charge is -2.24. The third-order valence-electron chi connectivity index (χ3n) is 5.01. The Morgan fingerprint density at radius 2 is 1.88 bits per heavy atom. The lowest BCUT2D eigenvalue weighted by Crippen LogP contribution is -2.32. The SMILES string of the molecule is CC(C)n1[nH]c(=O)c2c1NC(=O)C[C@@H]2c1cc2ccccc2n(C)c1=O. The molecule has 2 N–H and O–H groups in total. The van der Waals surface area contributed by atoms with E-state index in [2.05, 4.69) is 10.4 Å². The van der Waals surface area contributed by atoms with Crippen molar-refractivity contribution in [3.8, 4) is 0 Å². The van der Waals surface area contributed by atoms with Crippen LogP contribution in [0.15, 0.2) is 39.9 Å². The van der Waals surface area contributed by atoms with Gasteiger partial charge in [0.05, 0.1) is 11.1 Å². The second-order valence-corrected chi connectivity index (χ2v) is 6.99. The van der Waals surface area contributed by atoms with Crippen LogP contribution in [0.25, 0.3) is 10.9 Å². The fourth-order valence-electron chi connectivity index (χ4n) is 3.73. The van der Waals surface area contributed by atoms with E-state index in [1.165, 1.54) is 0 Å². The predicted molar refractivity (Wildman–Crippen MR) is 99.7 cm³/mol. The lowest BCUT2D eigenvalue weighted by atomic mass is 9.87. The van der Waals surface area contributed by atoms with Gasteiger partial charge in [-0.1, -0.05) is 18.2 Å². The van der Waals surface area contributed by atoms with Gasteiger partial charge in [-0.05, 0) is 31.4 Å². The number of aromatic nitrogens is 3. The summed E-state index contributed by atoms with van der Waals surface area (Å²) in [5.41, 5.74) is 1.27. The van der Waals surface area contributed by atoms with Crippen LogP contribution in [0.4, 0.5) is 5.82 Å². The van der Waals surface area contributed by atoms with Gasteiger partial charge in [0, 0.05) is 31.0 Å². The first-order chi connectivity index (χ1) is 12.4. The number of nitrogens with zero attached hydrogens (tertiary/aromatic N) is 2. The number of nitrogens with one attached hydrogen (secondary N) is 2. The number of pyridine rings is 1. The van der Waals surface area contributed by atoms with Gasteiger partial charge in [0.1, 0.15) is 5.82 Å². The van der Waals surface area contributed by atoms with Crippen LogP contribution >= 0.6 is 0 Å². The van der Waals surface area contributed by atoms with E-state index < -0.39 is 5.92 Å². The van der Waals surface area contributed by atoms with Crippen LogP contribution in [0, 0.1) is 0 Å². The number of aromatic amines is 1. The molecule has 0 radical (unpaired) electrons. The van der Waals surface area contributed by atoms with Crippen molar-refractivity contribution in [2.45, 2.75) is 32.2 Å². The van der Waals surface area contributed by atoms with Crippen molar-refractivity contribution in [1.82, 2.24) is 14.3 Å². The quantitative estimate of drug-likeness (QED) is 0.740. The standard InChI is InChI=1S/C19H20N4O3/c1-10(2)23-17-16(18(25)21-23)12(9-15(24)20-17)13-8-11-6-4-5-7-14(11)22(3)19(13)26/h4-8,10,12H,9H2,1-3H3,(H,20,24)(H,21,25)/t12-/m1/s1. The highest BCUT2D eigenvalue weighted by molar-refractivity contribution is 5.94. The van der Waals surface area contributed by atoms with Crippen molar-refractivity contribution in [2.24, 2.45) is 7.05 Å². The average molecular weight is 352 g/mol. The molecule has 1 aromatic carbocycles. The second kappa shape index (κ2) is 5.72. The van der Waals surface area contributed by atoms with E-state index >= 15 is 0 Å². The van der Waals surface area contributed by atoms with Crippen LogP contribution < -0.4 is 16.4 Å². The van der Waals surface area contributed by atoms with Crippen LogP contribution in [0.1, 0.15) is 43.4 Å². The van der Waals surface area contributed by atoms with E-state index in [9.17, 15) is 14.4 Å². The molecule has 4 rings (SSSR count). The number of rotatable bonds is 2. The first-order valence-corrected chi connectivity index (χ1v) is 8.61. The number of amides is 1. The molecule has 7 nitrogen and oxygen atoms in total. The van der Waals surface area contributed by atoms with E-state index in [0.717, 1.165) is 10.9 Å². The number of benzene rings is 1. The number of carbonyl (C=O) groups excluding carboxylic acids is 1. The molecule has 2 aromatic heterocycles. The predicted octanol–water partition coefficient (Wildman–Crippen LogP) is 2.08. The van der Waals surface area contributed by atoms with Crippen molar-refractivity contribution in [3.63, 3.8) is 0 Å². The maximum absolute atomic E-state index is 13.0. The molecule has 0 fully saturated rings. The topological polar surface area (TPSA) is 88.9 Å². The minimum atomic E-state index is -0.564. The molecule has 0 aliphatic carbocycles. The number of carbonyl (C=O) groups is 1. The molecule has 1 amide bonds. The molecule has 0 saturated heterocycles. The maximum atomic E-state index is 13.0. The zero-order valence-electron chi connectivity index (χ0n) is 14.9. The molecule has 0 bridgehead atoms. The van der Waals surface area contributed by atoms with E-state index in [4.69, 9.17) is 0 Å². The molecule has 7 heteroatoms.